The second-order valence-electron chi connectivity index (χ2n) is 5.46. The smallest absolute Gasteiger partial charge is 0.121 e. The van der Waals surface area contributed by atoms with E-state index in [0.717, 1.165) is 46.0 Å². The first-order valence-corrected chi connectivity index (χ1v) is 7.28. The standard InChI is InChI=1S/C17H20N4O/c1-10-7-16(18-9-15-11(2)20-21-12(15)3)14-6-5-13(22-4)8-17(14)19-10/h5-8H,9H2,1-4H3,(H,18,19)(H,20,21). The molecular weight excluding hydrogens is 276 g/mol. The van der Waals surface area contributed by atoms with Crippen LogP contribution in [0.15, 0.2) is 24.3 Å². The monoisotopic (exact) mass is 296 g/mol. The molecule has 114 valence electrons. The predicted octanol–water partition coefficient (Wildman–Crippen LogP) is 3.50. The van der Waals surface area contributed by atoms with Gasteiger partial charge in [-0.3, -0.25) is 10.1 Å². The number of hydrogen-bond donors (Lipinski definition) is 2. The molecule has 0 atom stereocenters. The van der Waals surface area contributed by atoms with Crippen LogP contribution in [0, 0.1) is 20.8 Å². The van der Waals surface area contributed by atoms with Gasteiger partial charge in [0.2, 0.25) is 0 Å². The number of aryl methyl sites for hydroxylation is 3. The van der Waals surface area contributed by atoms with E-state index in [-0.39, 0.29) is 0 Å². The molecule has 2 heterocycles. The maximum absolute atomic E-state index is 5.28. The van der Waals surface area contributed by atoms with E-state index in [4.69, 9.17) is 4.74 Å². The summed E-state index contributed by atoms with van der Waals surface area (Å²) in [5, 5.41) is 11.9. The lowest BCUT2D eigenvalue weighted by Gasteiger charge is -2.12. The molecule has 0 aliphatic carbocycles. The molecule has 0 saturated carbocycles. The van der Waals surface area contributed by atoms with E-state index in [1.54, 1.807) is 7.11 Å². The van der Waals surface area contributed by atoms with Crippen molar-refractivity contribution in [3.05, 3.63) is 46.9 Å². The van der Waals surface area contributed by atoms with Crippen LogP contribution >= 0.6 is 0 Å². The van der Waals surface area contributed by atoms with Crippen LogP contribution in [0.5, 0.6) is 5.75 Å². The SMILES string of the molecule is COc1ccc2c(NCc3c(C)n[nH]c3C)cc(C)nc2c1. The molecule has 2 aromatic heterocycles. The highest BCUT2D eigenvalue weighted by molar-refractivity contribution is 5.92. The third kappa shape index (κ3) is 2.62. The lowest BCUT2D eigenvalue weighted by atomic mass is 10.1. The van der Waals surface area contributed by atoms with Crippen molar-refractivity contribution in [1.82, 2.24) is 15.2 Å². The van der Waals surface area contributed by atoms with Gasteiger partial charge in [0.1, 0.15) is 5.75 Å². The quantitative estimate of drug-likeness (QED) is 0.773. The number of aromatic nitrogens is 3. The summed E-state index contributed by atoms with van der Waals surface area (Å²) in [6.45, 7) is 6.79. The predicted molar refractivity (Wildman–Crippen MR) is 88.4 cm³/mol. The molecule has 1 aromatic carbocycles. The second-order valence-corrected chi connectivity index (χ2v) is 5.46. The number of benzene rings is 1. The van der Waals surface area contributed by atoms with E-state index >= 15 is 0 Å². The Morgan fingerprint density at radius 3 is 2.68 bits per heavy atom. The van der Waals surface area contributed by atoms with E-state index in [0.29, 0.717) is 0 Å². The number of methoxy groups -OCH3 is 1. The first-order valence-electron chi connectivity index (χ1n) is 7.28. The third-order valence-corrected chi connectivity index (χ3v) is 3.88. The number of nitrogens with zero attached hydrogens (tertiary/aromatic N) is 2. The van der Waals surface area contributed by atoms with Gasteiger partial charge in [-0.05, 0) is 39.0 Å². The topological polar surface area (TPSA) is 62.8 Å². The molecule has 0 spiro atoms. The zero-order valence-electron chi connectivity index (χ0n) is 13.3. The fourth-order valence-corrected chi connectivity index (χ4v) is 2.63. The van der Waals surface area contributed by atoms with Crippen molar-refractivity contribution < 1.29 is 4.74 Å². The van der Waals surface area contributed by atoms with Crippen LogP contribution < -0.4 is 10.1 Å². The summed E-state index contributed by atoms with van der Waals surface area (Å²) in [7, 11) is 1.67. The second kappa shape index (κ2) is 5.67. The van der Waals surface area contributed by atoms with Crippen molar-refractivity contribution in [3.63, 3.8) is 0 Å². The lowest BCUT2D eigenvalue weighted by molar-refractivity contribution is 0.415. The average molecular weight is 296 g/mol. The Kier molecular flexibility index (Phi) is 3.71. The Labute approximate surface area is 129 Å². The van der Waals surface area contributed by atoms with Gasteiger partial charge < -0.3 is 10.1 Å². The maximum Gasteiger partial charge on any atom is 0.121 e. The lowest BCUT2D eigenvalue weighted by Crippen LogP contribution is -2.03. The van der Waals surface area contributed by atoms with Crippen LogP contribution in [0.25, 0.3) is 10.9 Å². The number of pyridine rings is 1. The molecule has 5 heteroatoms. The molecule has 22 heavy (non-hydrogen) atoms. The minimum absolute atomic E-state index is 0.735. The summed E-state index contributed by atoms with van der Waals surface area (Å²) in [6, 6.07) is 8.03. The number of ether oxygens (including phenoxy) is 1. The molecule has 5 nitrogen and oxygen atoms in total. The van der Waals surface area contributed by atoms with E-state index in [9.17, 15) is 0 Å². The van der Waals surface area contributed by atoms with Gasteiger partial charge in [0, 0.05) is 40.6 Å². The molecule has 0 aliphatic rings. The average Bonchev–Trinajstić information content (AvgIpc) is 2.82. The van der Waals surface area contributed by atoms with Crippen molar-refractivity contribution in [1.29, 1.82) is 0 Å². The Bertz CT molecular complexity index is 803. The third-order valence-electron chi connectivity index (χ3n) is 3.88. The number of fused-ring (bicyclic) bond motifs is 1. The van der Waals surface area contributed by atoms with Gasteiger partial charge in [-0.2, -0.15) is 5.10 Å². The number of rotatable bonds is 4. The van der Waals surface area contributed by atoms with Crippen LogP contribution in [0.4, 0.5) is 5.69 Å². The van der Waals surface area contributed by atoms with Crippen LogP contribution in [-0.2, 0) is 6.54 Å². The summed E-state index contributed by atoms with van der Waals surface area (Å²) >= 11 is 0. The molecule has 3 aromatic rings. The number of nitrogens with one attached hydrogen (secondary N) is 2. The summed E-state index contributed by atoms with van der Waals surface area (Å²) in [5.41, 5.74) is 6.32. The van der Waals surface area contributed by atoms with E-state index in [2.05, 4.69) is 26.6 Å². The molecule has 0 amide bonds. The molecule has 0 radical (unpaired) electrons. The fourth-order valence-electron chi connectivity index (χ4n) is 2.63. The largest absolute Gasteiger partial charge is 0.497 e. The van der Waals surface area contributed by atoms with Gasteiger partial charge in [0.05, 0.1) is 18.3 Å². The first-order chi connectivity index (χ1) is 10.6. The van der Waals surface area contributed by atoms with Gasteiger partial charge in [-0.1, -0.05) is 0 Å². The molecule has 0 fully saturated rings. The van der Waals surface area contributed by atoms with Gasteiger partial charge in [0.25, 0.3) is 0 Å². The number of anilines is 1. The molecule has 2 N–H and O–H groups in total. The number of hydrogen-bond acceptors (Lipinski definition) is 4. The molecule has 3 rings (SSSR count). The molecule has 0 bridgehead atoms. The van der Waals surface area contributed by atoms with Crippen molar-refractivity contribution in [3.8, 4) is 5.75 Å². The van der Waals surface area contributed by atoms with E-state index < -0.39 is 0 Å². The minimum Gasteiger partial charge on any atom is -0.497 e. The molecular formula is C17H20N4O. The van der Waals surface area contributed by atoms with Gasteiger partial charge in [-0.15, -0.1) is 0 Å². The van der Waals surface area contributed by atoms with Crippen molar-refractivity contribution >= 4 is 16.6 Å². The van der Waals surface area contributed by atoms with Crippen molar-refractivity contribution in [2.75, 3.05) is 12.4 Å². The van der Waals surface area contributed by atoms with Crippen LogP contribution in [0.1, 0.15) is 22.6 Å². The molecule has 0 saturated heterocycles. The number of H-pyrrole nitrogens is 1. The van der Waals surface area contributed by atoms with E-state index in [1.165, 1.54) is 5.56 Å². The highest BCUT2D eigenvalue weighted by Gasteiger charge is 2.09. The Hall–Kier alpha value is -2.56. The van der Waals surface area contributed by atoms with Crippen molar-refractivity contribution in [2.24, 2.45) is 0 Å². The van der Waals surface area contributed by atoms with E-state index in [1.807, 2.05) is 39.0 Å². The molecule has 0 aliphatic heterocycles. The zero-order chi connectivity index (χ0) is 15.7. The Morgan fingerprint density at radius 2 is 2.00 bits per heavy atom. The molecule has 0 unspecified atom stereocenters. The van der Waals surface area contributed by atoms with Gasteiger partial charge in [-0.25, -0.2) is 0 Å². The highest BCUT2D eigenvalue weighted by atomic mass is 16.5. The minimum atomic E-state index is 0.735. The fraction of sp³-hybridized carbons (Fsp3) is 0.294. The van der Waals surface area contributed by atoms with Crippen LogP contribution in [0.3, 0.4) is 0 Å². The maximum atomic E-state index is 5.28. The summed E-state index contributed by atoms with van der Waals surface area (Å²) in [5.74, 6) is 0.818. The summed E-state index contributed by atoms with van der Waals surface area (Å²) in [6.07, 6.45) is 0. The van der Waals surface area contributed by atoms with Crippen molar-refractivity contribution in [2.45, 2.75) is 27.3 Å². The highest BCUT2D eigenvalue weighted by Crippen LogP contribution is 2.27. The zero-order valence-corrected chi connectivity index (χ0v) is 13.3. The van der Waals surface area contributed by atoms with Gasteiger partial charge >= 0.3 is 0 Å². The number of aromatic amines is 1. The van der Waals surface area contributed by atoms with Crippen LogP contribution in [-0.4, -0.2) is 22.3 Å². The Morgan fingerprint density at radius 1 is 1.18 bits per heavy atom. The van der Waals surface area contributed by atoms with Gasteiger partial charge in [0.15, 0.2) is 0 Å². The summed E-state index contributed by atoms with van der Waals surface area (Å²) < 4.78 is 5.28. The van der Waals surface area contributed by atoms with Crippen LogP contribution in [0.2, 0.25) is 0 Å². The Balaban J connectivity index is 1.96. The first kappa shape index (κ1) is 14.4. The normalized spacial score (nSPS) is 10.9. The summed E-state index contributed by atoms with van der Waals surface area (Å²) in [4.78, 5) is 4.59.